The van der Waals surface area contributed by atoms with Gasteiger partial charge in [-0.25, -0.2) is 26.3 Å². The van der Waals surface area contributed by atoms with Gasteiger partial charge in [-0.05, 0) is 188 Å². The molecule has 0 spiro atoms. The van der Waals surface area contributed by atoms with E-state index in [0.717, 1.165) is 46.6 Å². The predicted octanol–water partition coefficient (Wildman–Crippen LogP) is 1.17. The number of hydrogen-bond donors (Lipinski definition) is 15. The van der Waals surface area contributed by atoms with Gasteiger partial charge >= 0.3 is 35.8 Å². The Hall–Kier alpha value is -7.08. The first kappa shape index (κ1) is 84.9. The number of thioether (sulfide) groups is 1. The summed E-state index contributed by atoms with van der Waals surface area (Å²) in [5, 5.41) is 58.8. The molecule has 31 nitrogen and oxygen atoms in total. The molecule has 2 aliphatic rings. The van der Waals surface area contributed by atoms with Crippen LogP contribution in [0.3, 0.4) is 0 Å². The van der Waals surface area contributed by atoms with Crippen LogP contribution in [0.5, 0.6) is 11.5 Å². The van der Waals surface area contributed by atoms with Crippen LogP contribution in [0.25, 0.3) is 0 Å². The summed E-state index contributed by atoms with van der Waals surface area (Å²) in [5.74, 6) is -3.87. The molecule has 0 aliphatic carbocycles. The van der Waals surface area contributed by atoms with E-state index in [1.807, 2.05) is 47.8 Å². The number of amides is 1. The number of aliphatic carboxylic acids is 5. The maximum Gasteiger partial charge on any atom is 0.321 e. The molecule has 0 saturated carbocycles. The third-order valence-corrected chi connectivity index (χ3v) is 18.6. The Labute approximate surface area is 544 Å². The second-order valence-corrected chi connectivity index (χ2v) is 26.6. The number of carboxylic acid groups (broad SMARTS) is 5. The standard InChI is InChI=1S/C21H34N4O5S.C20H32N4O5S.C6H12N2O3.C6H11NO4.C5H11NO2S/c1-12-13(2)18(14(3)15-9-10-21(4,5)30-17(12)15)31(28,29)25-20(22)24-11-7-8-16(23-6)19(26)27;1-11-12(2)17(13(3)14-10-20(4,5)29-16(11)14)30(27,28)24-19(21)23-9-7-8-15(22-6)18(25)26;1-7-4(6(10)11)3-5(9)8-2;1-7-4(6(9)10)3-5(8)11-2;1-6-4(3-9-2)5(7)8/h16,23H,7-11H2,1-6H3,(H,26,27)(H3,22,24,25);15,22H,7-10H2,1-6H3,(H,25,26)(H3,21,23,24);4,7H,3H2,1-2H3,(H,8,9)(H,10,11);4,7H,3H2,1-2H3,(H,9,10);4,6H,3H2,1-2H3,(H,7,8)/t16-;15-;3*4-/m00000/s1. The molecule has 2 aromatic carbocycles. The first-order valence-corrected chi connectivity index (χ1v) is 33.5. The van der Waals surface area contributed by atoms with E-state index in [0.29, 0.717) is 60.1 Å². The molecule has 2 heterocycles. The molecule has 1 amide bonds. The number of hydrogen-bond acceptors (Lipinski definition) is 22. The minimum atomic E-state index is -3.94. The Balaban J connectivity index is 0.00000124. The average Bonchev–Trinajstić information content (AvgIpc) is 1.24. The van der Waals surface area contributed by atoms with Gasteiger partial charge in [0.25, 0.3) is 20.0 Å². The molecule has 524 valence electrons. The number of methoxy groups -OCH3 is 1. The maximum atomic E-state index is 13.1. The van der Waals surface area contributed by atoms with Gasteiger partial charge in [-0.2, -0.15) is 11.8 Å². The zero-order valence-electron chi connectivity index (χ0n) is 56.1. The topological polar surface area (TPSA) is 490 Å². The summed E-state index contributed by atoms with van der Waals surface area (Å²) in [6, 6.07) is -3.41. The third-order valence-electron chi connectivity index (χ3n) is 14.7. The van der Waals surface area contributed by atoms with Crippen molar-refractivity contribution in [2.45, 2.75) is 178 Å². The molecule has 0 bridgehead atoms. The Morgan fingerprint density at radius 3 is 1.25 bits per heavy atom. The summed E-state index contributed by atoms with van der Waals surface area (Å²) in [7, 11) is 2.57. The Morgan fingerprint density at radius 2 is 0.913 bits per heavy atom. The maximum absolute atomic E-state index is 13.1. The number of esters is 1. The molecular formula is C58H100N12O19S3. The number of aliphatic imine (C=N–C) groups is 2. The molecular weight excluding hydrogens is 1260 g/mol. The minimum absolute atomic E-state index is 0.0394. The Morgan fingerprint density at radius 1 is 0.554 bits per heavy atom. The average molecular weight is 1370 g/mol. The van der Waals surface area contributed by atoms with Crippen LogP contribution >= 0.6 is 11.8 Å². The fourth-order valence-electron chi connectivity index (χ4n) is 9.22. The monoisotopic (exact) mass is 1360 g/mol. The second kappa shape index (κ2) is 39.5. The molecule has 0 aromatic heterocycles. The van der Waals surface area contributed by atoms with Crippen molar-refractivity contribution < 1.29 is 90.1 Å². The minimum Gasteiger partial charge on any atom is -0.487 e. The number of carbonyl (C=O) groups is 7. The van der Waals surface area contributed by atoms with Gasteiger partial charge in [-0.3, -0.25) is 43.5 Å². The van der Waals surface area contributed by atoms with E-state index in [1.165, 1.54) is 40.0 Å². The van der Waals surface area contributed by atoms with Crippen molar-refractivity contribution in [2.75, 3.05) is 74.5 Å². The van der Waals surface area contributed by atoms with E-state index in [4.69, 9.17) is 46.5 Å². The molecule has 92 heavy (non-hydrogen) atoms. The fourth-order valence-corrected chi connectivity index (χ4v) is 12.9. The summed E-state index contributed by atoms with van der Waals surface area (Å²) < 4.78 is 73.6. The third kappa shape index (κ3) is 27.2. The first-order valence-electron chi connectivity index (χ1n) is 29.1. The largest absolute Gasteiger partial charge is 0.487 e. The highest BCUT2D eigenvalue weighted by molar-refractivity contribution is 7.98. The number of nitrogens with zero attached hydrogens (tertiary/aromatic N) is 2. The van der Waals surface area contributed by atoms with Crippen LogP contribution in [0.15, 0.2) is 19.8 Å². The zero-order chi connectivity index (χ0) is 71.4. The summed E-state index contributed by atoms with van der Waals surface area (Å²) in [5.41, 5.74) is 16.9. The Bertz CT molecular complexity index is 3130. The van der Waals surface area contributed by atoms with E-state index in [2.05, 4.69) is 56.1 Å². The van der Waals surface area contributed by atoms with E-state index in [-0.39, 0.29) is 64.8 Å². The molecule has 0 radical (unpaired) electrons. The number of benzene rings is 2. The van der Waals surface area contributed by atoms with Gasteiger partial charge in [-0.1, -0.05) is 0 Å². The molecule has 0 saturated heterocycles. The van der Waals surface area contributed by atoms with Crippen molar-refractivity contribution in [1.29, 1.82) is 0 Å². The highest BCUT2D eigenvalue weighted by Crippen LogP contribution is 2.44. The van der Waals surface area contributed by atoms with Gasteiger partial charge in [-0.15, -0.1) is 0 Å². The second-order valence-electron chi connectivity index (χ2n) is 22.5. The van der Waals surface area contributed by atoms with Crippen LogP contribution in [0, 0.1) is 41.5 Å². The molecule has 5 atom stereocenters. The van der Waals surface area contributed by atoms with E-state index >= 15 is 0 Å². The number of likely N-dealkylation sites (N-methyl/N-ethyl adjacent to an activating group) is 5. The number of sulfonamides is 2. The molecule has 2 aliphatic heterocycles. The predicted molar refractivity (Wildman–Crippen MR) is 351 cm³/mol. The summed E-state index contributed by atoms with van der Waals surface area (Å²) in [6.45, 7) is 19.2. The number of ether oxygens (including phenoxy) is 3. The number of rotatable bonds is 28. The fraction of sp³-hybridized carbons (Fsp3) is 0.638. The molecule has 0 fully saturated rings. The van der Waals surface area contributed by atoms with Crippen LogP contribution in [0.4, 0.5) is 0 Å². The van der Waals surface area contributed by atoms with Gasteiger partial charge in [0.05, 0.1) is 29.7 Å². The lowest BCUT2D eigenvalue weighted by atomic mass is 9.88. The molecule has 2 aromatic rings. The zero-order valence-corrected chi connectivity index (χ0v) is 58.5. The van der Waals surface area contributed by atoms with Crippen molar-refractivity contribution in [3.05, 3.63) is 44.5 Å². The number of fused-ring (bicyclic) bond motifs is 2. The highest BCUT2D eigenvalue weighted by atomic mass is 32.2. The first-order chi connectivity index (χ1) is 42.6. The normalized spacial score (nSPS) is 15.3. The summed E-state index contributed by atoms with van der Waals surface area (Å²) in [4.78, 5) is 82.6. The number of carboxylic acids is 5. The lowest BCUT2D eigenvalue weighted by molar-refractivity contribution is -0.147. The van der Waals surface area contributed by atoms with Gasteiger partial charge in [0.2, 0.25) is 17.8 Å². The quantitative estimate of drug-likeness (QED) is 0.0246. The van der Waals surface area contributed by atoms with Crippen LogP contribution in [-0.4, -0.2) is 212 Å². The summed E-state index contributed by atoms with van der Waals surface area (Å²) >= 11 is 1.52. The van der Waals surface area contributed by atoms with Gasteiger partial charge in [0.1, 0.15) is 52.9 Å². The van der Waals surface area contributed by atoms with Gasteiger partial charge < -0.3 is 83.1 Å². The lowest BCUT2D eigenvalue weighted by Gasteiger charge is -2.35. The number of nitrogens with two attached hydrogens (primary N) is 2. The van der Waals surface area contributed by atoms with Crippen LogP contribution in [-0.2, 0) is 71.2 Å². The smallest absolute Gasteiger partial charge is 0.321 e. The van der Waals surface area contributed by atoms with Crippen molar-refractivity contribution in [1.82, 2.24) is 41.3 Å². The lowest BCUT2D eigenvalue weighted by Crippen LogP contribution is -2.38. The Kier molecular flexibility index (Phi) is 36.4. The molecule has 34 heteroatoms. The van der Waals surface area contributed by atoms with Crippen molar-refractivity contribution >= 4 is 85.5 Å². The number of nitrogens with one attached hydrogen (secondary N) is 8. The van der Waals surface area contributed by atoms with Gasteiger partial charge in [0, 0.05) is 37.9 Å². The summed E-state index contributed by atoms with van der Waals surface area (Å²) in [6.07, 6.45) is 5.45. The SMILES string of the molecule is CNC(=O)C[C@H](NC)C(=O)O.CN[C@@H](CC(=O)OC)C(=O)O.CN[C@@H](CCCN=C(N)NS(=O)(=O)c1c(C)c(C)c2c(c1C)CC(C)(C)O2)C(=O)O.CN[C@@H](CCCN=C(N)NS(=O)(=O)c1c(C)c(C)c2c(c1C)CCC(C)(C)O2)C(=O)O.CN[C@@H](CSC)C(=O)O. The number of carbonyl (C=O) groups excluding carboxylic acids is 2. The molecule has 17 N–H and O–H groups in total. The molecule has 0 unspecified atom stereocenters. The van der Waals surface area contributed by atoms with Crippen LogP contribution in [0.2, 0.25) is 0 Å². The van der Waals surface area contributed by atoms with Crippen molar-refractivity contribution in [2.24, 2.45) is 21.5 Å². The number of guanidine groups is 2. The highest BCUT2D eigenvalue weighted by Gasteiger charge is 2.38. The van der Waals surface area contributed by atoms with Crippen molar-refractivity contribution in [3.8, 4) is 11.5 Å². The van der Waals surface area contributed by atoms with E-state index in [1.54, 1.807) is 48.8 Å². The van der Waals surface area contributed by atoms with E-state index in [9.17, 15) is 50.4 Å². The van der Waals surface area contributed by atoms with Crippen LogP contribution < -0.4 is 62.3 Å². The van der Waals surface area contributed by atoms with Gasteiger partial charge in [0.15, 0.2) is 0 Å². The van der Waals surface area contributed by atoms with Crippen molar-refractivity contribution in [3.63, 3.8) is 0 Å². The molecule has 4 rings (SSSR count). The van der Waals surface area contributed by atoms with E-state index < -0.39 is 86.1 Å². The van der Waals surface area contributed by atoms with Crippen LogP contribution in [0.1, 0.15) is 117 Å².